The van der Waals surface area contributed by atoms with E-state index in [1.807, 2.05) is 27.8 Å². The standard InChI is InChI=1S/C5H10OS2.C3H8S2.C2H6S2/c1-5(6)3-4-8-7-2;1-3-5-4-2;1-3-4-2/h3-4H2,1-2H3;3H2,1-2H3;1-2H3. The maximum Gasteiger partial charge on any atom is 0.130 e. The first-order chi connectivity index (χ1) is 8.10. The Labute approximate surface area is 131 Å². The molecule has 0 saturated heterocycles. The monoisotopic (exact) mass is 352 g/mol. The second kappa shape index (κ2) is 26.4. The van der Waals surface area contributed by atoms with Crippen LogP contribution in [0.1, 0.15) is 20.3 Å². The van der Waals surface area contributed by atoms with E-state index >= 15 is 0 Å². The first kappa shape index (κ1) is 23.8. The predicted octanol–water partition coefficient (Wildman–Crippen LogP) is 5.62. The quantitative estimate of drug-likeness (QED) is 0.431. The van der Waals surface area contributed by atoms with Gasteiger partial charge in [-0.15, -0.1) is 0 Å². The highest BCUT2D eigenvalue weighted by Gasteiger charge is 1.90. The zero-order valence-electron chi connectivity index (χ0n) is 11.5. The van der Waals surface area contributed by atoms with Crippen LogP contribution in [0.4, 0.5) is 0 Å². The van der Waals surface area contributed by atoms with Gasteiger partial charge in [0.05, 0.1) is 0 Å². The minimum absolute atomic E-state index is 0.284. The largest absolute Gasteiger partial charge is 0.300 e. The molecule has 0 aliphatic rings. The zero-order chi connectivity index (χ0) is 13.9. The molecule has 7 heteroatoms. The normalized spacial score (nSPS) is 8.59. The summed E-state index contributed by atoms with van der Waals surface area (Å²) in [5.41, 5.74) is 0. The molecule has 0 amide bonds. The molecule has 0 saturated carbocycles. The highest BCUT2D eigenvalue weighted by molar-refractivity contribution is 8.77. The van der Waals surface area contributed by atoms with Crippen molar-refractivity contribution < 1.29 is 4.79 Å². The SMILES string of the molecule is CCSSC.CSSC.CSSCCC(C)=O. The molecule has 0 aromatic carbocycles. The third-order valence-corrected chi connectivity index (χ3v) is 6.09. The van der Waals surface area contributed by atoms with Gasteiger partial charge in [0.25, 0.3) is 0 Å². The van der Waals surface area contributed by atoms with Crippen molar-refractivity contribution in [2.75, 3.05) is 36.5 Å². The number of hydrogen-bond donors (Lipinski definition) is 0. The summed E-state index contributed by atoms with van der Waals surface area (Å²) in [5, 5.41) is 0. The van der Waals surface area contributed by atoms with Crippen molar-refractivity contribution in [2.45, 2.75) is 20.3 Å². The summed E-state index contributed by atoms with van der Waals surface area (Å²) in [5.74, 6) is 2.46. The lowest BCUT2D eigenvalue weighted by molar-refractivity contribution is -0.116. The van der Waals surface area contributed by atoms with E-state index in [2.05, 4.69) is 25.7 Å². The molecule has 0 aromatic heterocycles. The van der Waals surface area contributed by atoms with Gasteiger partial charge in [0.1, 0.15) is 5.78 Å². The number of hydrogen-bond acceptors (Lipinski definition) is 7. The van der Waals surface area contributed by atoms with Crippen LogP contribution in [-0.2, 0) is 4.79 Å². The number of carbonyl (C=O) groups is 1. The highest BCUT2D eigenvalue weighted by atomic mass is 33.1. The van der Waals surface area contributed by atoms with Crippen molar-refractivity contribution in [3.8, 4) is 0 Å². The van der Waals surface area contributed by atoms with Crippen LogP contribution in [0, 0.1) is 0 Å². The van der Waals surface area contributed by atoms with E-state index in [0.717, 1.165) is 5.75 Å². The fourth-order valence-electron chi connectivity index (χ4n) is 0.387. The van der Waals surface area contributed by atoms with Gasteiger partial charge in [-0.1, -0.05) is 71.7 Å². The molecule has 17 heavy (non-hydrogen) atoms. The Morgan fingerprint density at radius 1 is 0.882 bits per heavy atom. The summed E-state index contributed by atoms with van der Waals surface area (Å²) in [4.78, 5) is 10.3. The van der Waals surface area contributed by atoms with Crippen molar-refractivity contribution >= 4 is 70.5 Å². The summed E-state index contributed by atoms with van der Waals surface area (Å²) >= 11 is 0. The van der Waals surface area contributed by atoms with Crippen molar-refractivity contribution in [3.63, 3.8) is 0 Å². The van der Waals surface area contributed by atoms with Crippen LogP contribution in [0.15, 0.2) is 0 Å². The van der Waals surface area contributed by atoms with Gasteiger partial charge in [-0.25, -0.2) is 0 Å². The molecule has 0 radical (unpaired) electrons. The van der Waals surface area contributed by atoms with E-state index in [9.17, 15) is 4.79 Å². The molecular formula is C10H24OS6. The second-order valence-electron chi connectivity index (χ2n) is 2.35. The lowest BCUT2D eigenvalue weighted by Crippen LogP contribution is -1.89. The van der Waals surface area contributed by atoms with E-state index in [1.165, 1.54) is 5.75 Å². The Kier molecular flexibility index (Phi) is 36.9. The number of ketones is 1. The van der Waals surface area contributed by atoms with E-state index < -0.39 is 0 Å². The summed E-state index contributed by atoms with van der Waals surface area (Å²) in [6.45, 7) is 3.78. The lowest BCUT2D eigenvalue weighted by atomic mass is 10.4. The Balaban J connectivity index is -0.000000188. The van der Waals surface area contributed by atoms with Crippen LogP contribution in [0.5, 0.6) is 0 Å². The Hall–Kier alpha value is 1.77. The maximum absolute atomic E-state index is 10.3. The van der Waals surface area contributed by atoms with Gasteiger partial charge in [-0.05, 0) is 31.9 Å². The molecule has 0 N–H and O–H groups in total. The van der Waals surface area contributed by atoms with Crippen molar-refractivity contribution in [2.24, 2.45) is 0 Å². The topological polar surface area (TPSA) is 17.1 Å². The third kappa shape index (κ3) is 46.3. The van der Waals surface area contributed by atoms with Crippen LogP contribution < -0.4 is 0 Å². The number of carbonyl (C=O) groups excluding carboxylic acids is 1. The average molecular weight is 353 g/mol. The van der Waals surface area contributed by atoms with Gasteiger partial charge in [0, 0.05) is 17.9 Å². The highest BCUT2D eigenvalue weighted by Crippen LogP contribution is 2.17. The minimum Gasteiger partial charge on any atom is -0.300 e. The van der Waals surface area contributed by atoms with E-state index in [4.69, 9.17) is 0 Å². The minimum atomic E-state index is 0.284. The zero-order valence-corrected chi connectivity index (χ0v) is 16.4. The summed E-state index contributed by atoms with van der Waals surface area (Å²) in [6, 6.07) is 0. The van der Waals surface area contributed by atoms with Crippen molar-refractivity contribution in [1.82, 2.24) is 0 Å². The molecule has 106 valence electrons. The van der Waals surface area contributed by atoms with E-state index in [-0.39, 0.29) is 5.78 Å². The smallest absolute Gasteiger partial charge is 0.130 e. The first-order valence-corrected chi connectivity index (χ1v) is 13.4. The van der Waals surface area contributed by atoms with Gasteiger partial charge < -0.3 is 0 Å². The molecule has 0 rings (SSSR count). The fourth-order valence-corrected chi connectivity index (χ4v) is 2.62. The Bertz CT molecular complexity index is 130. The molecule has 0 spiro atoms. The summed E-state index contributed by atoms with van der Waals surface area (Å²) in [6.07, 6.45) is 8.94. The van der Waals surface area contributed by atoms with Gasteiger partial charge in [0.15, 0.2) is 0 Å². The molecule has 0 unspecified atom stereocenters. The molecular weight excluding hydrogens is 329 g/mol. The second-order valence-corrected chi connectivity index (χ2v) is 10.6. The summed E-state index contributed by atoms with van der Waals surface area (Å²) in [7, 11) is 10.7. The van der Waals surface area contributed by atoms with Gasteiger partial charge in [0.2, 0.25) is 0 Å². The molecule has 0 fully saturated rings. The van der Waals surface area contributed by atoms with Crippen LogP contribution >= 0.6 is 64.8 Å². The van der Waals surface area contributed by atoms with Gasteiger partial charge >= 0.3 is 0 Å². The van der Waals surface area contributed by atoms with Crippen LogP contribution in [0.3, 0.4) is 0 Å². The maximum atomic E-state index is 10.3. The van der Waals surface area contributed by atoms with E-state index in [1.54, 1.807) is 50.1 Å². The molecule has 0 heterocycles. The van der Waals surface area contributed by atoms with Crippen LogP contribution in [0.25, 0.3) is 0 Å². The molecule has 0 bridgehead atoms. The molecule has 0 atom stereocenters. The van der Waals surface area contributed by atoms with Gasteiger partial charge in [-0.3, -0.25) is 4.79 Å². The Morgan fingerprint density at radius 3 is 1.53 bits per heavy atom. The molecule has 0 aromatic rings. The number of Topliss-reactive ketones (excluding diaryl/α,β-unsaturated/α-hetero) is 1. The predicted molar refractivity (Wildman–Crippen MR) is 99.9 cm³/mol. The fraction of sp³-hybridized carbons (Fsp3) is 0.900. The van der Waals surface area contributed by atoms with Gasteiger partial charge in [-0.2, -0.15) is 0 Å². The first-order valence-electron chi connectivity index (χ1n) is 4.98. The van der Waals surface area contributed by atoms with Crippen molar-refractivity contribution in [1.29, 1.82) is 0 Å². The molecule has 0 aliphatic heterocycles. The molecule has 1 nitrogen and oxygen atoms in total. The molecule has 0 aliphatic carbocycles. The average Bonchev–Trinajstić information content (AvgIpc) is 2.31. The van der Waals surface area contributed by atoms with Crippen molar-refractivity contribution in [3.05, 3.63) is 0 Å². The summed E-state index contributed by atoms with van der Waals surface area (Å²) < 4.78 is 0. The van der Waals surface area contributed by atoms with E-state index in [0.29, 0.717) is 6.42 Å². The lowest BCUT2D eigenvalue weighted by Gasteiger charge is -1.90. The third-order valence-electron chi connectivity index (χ3n) is 1.06. The number of rotatable bonds is 7. The van der Waals surface area contributed by atoms with Crippen LogP contribution in [-0.4, -0.2) is 42.3 Å². The van der Waals surface area contributed by atoms with Crippen LogP contribution in [0.2, 0.25) is 0 Å². The Morgan fingerprint density at radius 2 is 1.35 bits per heavy atom.